The summed E-state index contributed by atoms with van der Waals surface area (Å²) in [5.74, 6) is 0. The van der Waals surface area contributed by atoms with Crippen LogP contribution in [0.3, 0.4) is 0 Å². The van der Waals surface area contributed by atoms with Gasteiger partial charge in [-0.05, 0) is 36.3 Å². The summed E-state index contributed by atoms with van der Waals surface area (Å²) in [6.07, 6.45) is 0. The van der Waals surface area contributed by atoms with Crippen molar-refractivity contribution in [1.29, 1.82) is 0 Å². The molecule has 0 spiro atoms. The van der Waals surface area contributed by atoms with Crippen LogP contribution in [0.5, 0.6) is 0 Å². The molecule has 0 saturated carbocycles. The molecule has 88 valence electrons. The quantitative estimate of drug-likeness (QED) is 0.700. The Labute approximate surface area is 102 Å². The lowest BCUT2D eigenvalue weighted by Gasteiger charge is -2.21. The molecule has 0 unspecified atom stereocenters. The van der Waals surface area contributed by atoms with Crippen LogP contribution in [0.25, 0.3) is 0 Å². The van der Waals surface area contributed by atoms with Crippen LogP contribution >= 0.6 is 11.3 Å². The highest BCUT2D eigenvalue weighted by atomic mass is 32.1. The smallest absolute Gasteiger partial charge is 0.404 e. The van der Waals surface area contributed by atoms with E-state index in [1.807, 2.05) is 0 Å². The van der Waals surface area contributed by atoms with E-state index in [0.717, 1.165) is 0 Å². The molecule has 0 radical (unpaired) electrons. The summed E-state index contributed by atoms with van der Waals surface area (Å²) in [7, 11) is -0.177. The topological polar surface area (TPSA) is 18.5 Å². The van der Waals surface area contributed by atoms with E-state index in [2.05, 4.69) is 46.1 Å². The van der Waals surface area contributed by atoms with Crippen LogP contribution in [0.1, 0.15) is 40.2 Å². The van der Waals surface area contributed by atoms with Gasteiger partial charge in [-0.25, -0.2) is 0 Å². The fourth-order valence-corrected chi connectivity index (χ4v) is 2.97. The highest BCUT2D eigenvalue weighted by Crippen LogP contribution is 2.27. The van der Waals surface area contributed by atoms with Crippen LogP contribution in [0.4, 0.5) is 0 Å². The Hall–Kier alpha value is -0.315. The minimum Gasteiger partial charge on any atom is -0.404 e. The van der Waals surface area contributed by atoms with Crippen LogP contribution in [0.15, 0.2) is 11.4 Å². The van der Waals surface area contributed by atoms with Crippen molar-refractivity contribution in [3.05, 3.63) is 17.0 Å². The number of thiophene rings is 1. The summed E-state index contributed by atoms with van der Waals surface area (Å²) < 4.78 is 12.9. The summed E-state index contributed by atoms with van der Waals surface area (Å²) >= 11 is 1.72. The molecule has 2 nitrogen and oxygen atoms in total. The zero-order chi connectivity index (χ0) is 12.0. The Balaban J connectivity index is 2.26. The summed E-state index contributed by atoms with van der Waals surface area (Å²) in [5.41, 5.74) is 1.32. The molecule has 0 atom stereocenters. The van der Waals surface area contributed by atoms with Crippen molar-refractivity contribution in [1.82, 2.24) is 0 Å². The average molecular weight is 238 g/mol. The molecule has 1 aliphatic rings. The van der Waals surface area contributed by atoms with Crippen molar-refractivity contribution in [2.45, 2.75) is 45.6 Å². The molecule has 4 heteroatoms. The maximum atomic E-state index is 5.92. The van der Waals surface area contributed by atoms with E-state index in [0.29, 0.717) is 6.61 Å². The Kier molecular flexibility index (Phi) is 2.93. The maximum Gasteiger partial charge on any atom is 0.505 e. The fraction of sp³-hybridized carbons (Fsp3) is 0.667. The second-order valence-electron chi connectivity index (χ2n) is 5.97. The molecule has 1 saturated heterocycles. The highest BCUT2D eigenvalue weighted by Gasteiger charge is 2.41. The lowest BCUT2D eigenvalue weighted by Crippen LogP contribution is -2.37. The molecule has 1 aromatic heterocycles. The van der Waals surface area contributed by atoms with Gasteiger partial charge in [0.25, 0.3) is 0 Å². The predicted octanol–water partition coefficient (Wildman–Crippen LogP) is 2.57. The third-order valence-electron chi connectivity index (χ3n) is 2.73. The first kappa shape index (κ1) is 12.2. The first-order valence-electron chi connectivity index (χ1n) is 5.67. The average Bonchev–Trinajstić information content (AvgIpc) is 2.68. The summed E-state index contributed by atoms with van der Waals surface area (Å²) in [6.45, 7) is 11.5. The molecule has 1 aliphatic heterocycles. The van der Waals surface area contributed by atoms with Crippen LogP contribution in [-0.4, -0.2) is 19.3 Å². The Morgan fingerprint density at radius 1 is 1.38 bits per heavy atom. The largest absolute Gasteiger partial charge is 0.505 e. The van der Waals surface area contributed by atoms with Crippen LogP contribution in [0.2, 0.25) is 0 Å². The number of hydrogen-bond acceptors (Lipinski definition) is 3. The second kappa shape index (κ2) is 3.86. The first-order chi connectivity index (χ1) is 7.30. The van der Waals surface area contributed by atoms with E-state index in [9.17, 15) is 0 Å². The van der Waals surface area contributed by atoms with E-state index in [1.54, 1.807) is 11.3 Å². The van der Waals surface area contributed by atoms with Gasteiger partial charge in [-0.3, -0.25) is 0 Å². The Bertz CT molecular complexity index is 379. The van der Waals surface area contributed by atoms with Gasteiger partial charge in [0.15, 0.2) is 0 Å². The second-order valence-corrected chi connectivity index (χ2v) is 6.92. The van der Waals surface area contributed by atoms with Crippen molar-refractivity contribution in [3.63, 3.8) is 0 Å². The fourth-order valence-electron chi connectivity index (χ4n) is 1.89. The first-order valence-corrected chi connectivity index (χ1v) is 6.55. The molecule has 0 N–H and O–H groups in total. The molecule has 0 amide bonds. The van der Waals surface area contributed by atoms with Gasteiger partial charge in [-0.1, -0.05) is 20.8 Å². The summed E-state index contributed by atoms with van der Waals surface area (Å²) in [4.78, 5) is 0. The molecule has 0 aromatic carbocycles. The predicted molar refractivity (Wildman–Crippen MR) is 69.5 cm³/mol. The minimum absolute atomic E-state index is 0.148. The van der Waals surface area contributed by atoms with Crippen molar-refractivity contribution >= 4 is 23.2 Å². The number of rotatable bonds is 1. The van der Waals surface area contributed by atoms with E-state index in [1.165, 1.54) is 10.3 Å². The number of hydrogen-bond donors (Lipinski definition) is 0. The minimum atomic E-state index is -0.177. The van der Waals surface area contributed by atoms with Gasteiger partial charge >= 0.3 is 7.12 Å². The van der Waals surface area contributed by atoms with Gasteiger partial charge in [-0.2, -0.15) is 11.3 Å². The zero-order valence-electron chi connectivity index (χ0n) is 10.7. The van der Waals surface area contributed by atoms with Crippen LogP contribution in [-0.2, 0) is 14.7 Å². The SMILES string of the molecule is CC1(C)COB(c2sccc2C(C)(C)C)O1. The Morgan fingerprint density at radius 3 is 2.56 bits per heavy atom. The van der Waals surface area contributed by atoms with Gasteiger partial charge in [-0.15, -0.1) is 0 Å². The van der Waals surface area contributed by atoms with Gasteiger partial charge < -0.3 is 9.31 Å². The summed E-state index contributed by atoms with van der Waals surface area (Å²) in [6, 6.07) is 2.18. The van der Waals surface area contributed by atoms with Gasteiger partial charge in [0, 0.05) is 4.78 Å². The van der Waals surface area contributed by atoms with E-state index in [-0.39, 0.29) is 18.1 Å². The van der Waals surface area contributed by atoms with E-state index in [4.69, 9.17) is 9.31 Å². The van der Waals surface area contributed by atoms with Crippen LogP contribution < -0.4 is 4.78 Å². The third-order valence-corrected chi connectivity index (χ3v) is 3.66. The van der Waals surface area contributed by atoms with Gasteiger partial charge in [0.2, 0.25) is 0 Å². The molecule has 2 rings (SSSR count). The van der Waals surface area contributed by atoms with Crippen molar-refractivity contribution < 1.29 is 9.31 Å². The highest BCUT2D eigenvalue weighted by molar-refractivity contribution is 7.21. The Morgan fingerprint density at radius 2 is 2.06 bits per heavy atom. The third kappa shape index (κ3) is 2.34. The van der Waals surface area contributed by atoms with Crippen molar-refractivity contribution in [2.24, 2.45) is 0 Å². The monoisotopic (exact) mass is 238 g/mol. The normalized spacial score (nSPS) is 20.4. The van der Waals surface area contributed by atoms with Crippen molar-refractivity contribution in [3.8, 4) is 0 Å². The zero-order valence-corrected chi connectivity index (χ0v) is 11.5. The molecule has 0 aliphatic carbocycles. The van der Waals surface area contributed by atoms with Crippen molar-refractivity contribution in [2.75, 3.05) is 6.61 Å². The van der Waals surface area contributed by atoms with Gasteiger partial charge in [0.1, 0.15) is 0 Å². The molecule has 1 fully saturated rings. The molecular formula is C12H19BO2S. The van der Waals surface area contributed by atoms with Crippen LogP contribution in [0, 0.1) is 0 Å². The lowest BCUT2D eigenvalue weighted by molar-refractivity contribution is 0.137. The van der Waals surface area contributed by atoms with E-state index >= 15 is 0 Å². The molecular weight excluding hydrogens is 219 g/mol. The molecule has 0 bridgehead atoms. The molecule has 2 heterocycles. The lowest BCUT2D eigenvalue weighted by atomic mass is 9.76. The van der Waals surface area contributed by atoms with E-state index < -0.39 is 0 Å². The maximum absolute atomic E-state index is 5.92. The molecule has 1 aromatic rings. The molecule has 16 heavy (non-hydrogen) atoms. The standard InChI is InChI=1S/C12H19BO2S/c1-11(2,3)9-6-7-16-10(9)13-14-8-12(4,5)15-13/h6-7H,8H2,1-5H3. The van der Waals surface area contributed by atoms with Gasteiger partial charge in [0.05, 0.1) is 12.2 Å². The summed E-state index contributed by atoms with van der Waals surface area (Å²) in [5, 5.41) is 2.12.